The second-order valence-corrected chi connectivity index (χ2v) is 6.13. The largest absolute Gasteiger partial charge is 0.313 e. The van der Waals surface area contributed by atoms with Crippen molar-refractivity contribution in [3.63, 3.8) is 0 Å². The van der Waals surface area contributed by atoms with Gasteiger partial charge in [0.15, 0.2) is 0 Å². The summed E-state index contributed by atoms with van der Waals surface area (Å²) in [6.07, 6.45) is 1.19. The Morgan fingerprint density at radius 2 is 2.00 bits per heavy atom. The van der Waals surface area contributed by atoms with Gasteiger partial charge in [-0.05, 0) is 13.0 Å². The molecule has 78 valence electrons. The van der Waals surface area contributed by atoms with Crippen LogP contribution in [0.15, 0.2) is 12.2 Å². The average molecular weight is 201 g/mol. The number of thioether (sulfide) groups is 1. The molecule has 0 heterocycles. The number of hydrogen-bond acceptors (Lipinski definition) is 2. The molecular weight excluding hydrogens is 178 g/mol. The van der Waals surface area contributed by atoms with Crippen LogP contribution in [0, 0.1) is 0 Å². The molecule has 0 fully saturated rings. The molecule has 1 nitrogen and oxygen atoms in total. The van der Waals surface area contributed by atoms with E-state index in [9.17, 15) is 0 Å². The fraction of sp³-hybridized carbons (Fsp3) is 0.818. The van der Waals surface area contributed by atoms with Crippen LogP contribution in [0.3, 0.4) is 0 Å². The Balaban J connectivity index is 3.41. The van der Waals surface area contributed by atoms with Crippen molar-refractivity contribution >= 4 is 11.8 Å². The van der Waals surface area contributed by atoms with Crippen LogP contribution < -0.4 is 5.32 Å². The Kier molecular flexibility index (Phi) is 6.52. The third-order valence-electron chi connectivity index (χ3n) is 1.51. The quantitative estimate of drug-likeness (QED) is 0.523. The molecule has 0 bridgehead atoms. The highest BCUT2D eigenvalue weighted by Crippen LogP contribution is 2.24. The molecule has 0 unspecified atom stereocenters. The van der Waals surface area contributed by atoms with Gasteiger partial charge in [-0.2, -0.15) is 11.8 Å². The first-order valence-electron chi connectivity index (χ1n) is 4.97. The summed E-state index contributed by atoms with van der Waals surface area (Å²) in [6.45, 7) is 15.0. The molecule has 0 aliphatic rings. The molecule has 0 aliphatic carbocycles. The van der Waals surface area contributed by atoms with E-state index >= 15 is 0 Å². The summed E-state index contributed by atoms with van der Waals surface area (Å²) in [7, 11) is 0. The molecule has 0 aromatic rings. The summed E-state index contributed by atoms with van der Waals surface area (Å²) in [4.78, 5) is 0. The van der Waals surface area contributed by atoms with Crippen LogP contribution in [-0.4, -0.2) is 23.6 Å². The van der Waals surface area contributed by atoms with Crippen molar-refractivity contribution in [3.8, 4) is 0 Å². The predicted octanol–water partition coefficient (Wildman–Crippen LogP) is 3.07. The zero-order chi connectivity index (χ0) is 10.3. The van der Waals surface area contributed by atoms with Crippen LogP contribution in [0.1, 0.15) is 34.1 Å². The second kappa shape index (κ2) is 6.50. The van der Waals surface area contributed by atoms with Gasteiger partial charge in [-0.3, -0.25) is 0 Å². The zero-order valence-electron chi connectivity index (χ0n) is 9.44. The van der Waals surface area contributed by atoms with Crippen LogP contribution in [0.25, 0.3) is 0 Å². The Morgan fingerprint density at radius 3 is 2.46 bits per heavy atom. The highest BCUT2D eigenvalue weighted by Gasteiger charge is 2.10. The minimum atomic E-state index is 0.355. The summed E-state index contributed by atoms with van der Waals surface area (Å²) < 4.78 is 0.355. The zero-order valence-corrected chi connectivity index (χ0v) is 10.3. The SMILES string of the molecule is C=C(CNCCC)CSC(C)(C)C. The van der Waals surface area contributed by atoms with Crippen molar-refractivity contribution < 1.29 is 0 Å². The van der Waals surface area contributed by atoms with E-state index in [1.807, 2.05) is 11.8 Å². The van der Waals surface area contributed by atoms with Gasteiger partial charge in [-0.1, -0.05) is 39.8 Å². The van der Waals surface area contributed by atoms with Gasteiger partial charge in [-0.15, -0.1) is 0 Å². The van der Waals surface area contributed by atoms with Crippen molar-refractivity contribution in [1.82, 2.24) is 5.32 Å². The summed E-state index contributed by atoms with van der Waals surface area (Å²) >= 11 is 1.96. The first-order chi connectivity index (χ1) is 5.95. The standard InChI is InChI=1S/C11H23NS/c1-6-7-12-8-10(2)9-13-11(3,4)5/h12H,2,6-9H2,1,3-5H3. The number of nitrogens with one attached hydrogen (secondary N) is 1. The molecule has 2 heteroatoms. The van der Waals surface area contributed by atoms with Gasteiger partial charge in [0, 0.05) is 17.0 Å². The lowest BCUT2D eigenvalue weighted by atomic mass is 10.3. The molecule has 0 saturated heterocycles. The first-order valence-corrected chi connectivity index (χ1v) is 5.95. The van der Waals surface area contributed by atoms with E-state index in [1.165, 1.54) is 12.0 Å². The van der Waals surface area contributed by atoms with Gasteiger partial charge >= 0.3 is 0 Å². The normalized spacial score (nSPS) is 11.7. The summed E-state index contributed by atoms with van der Waals surface area (Å²) in [5.74, 6) is 1.07. The maximum Gasteiger partial charge on any atom is 0.0170 e. The molecule has 0 atom stereocenters. The van der Waals surface area contributed by atoms with E-state index in [2.05, 4.69) is 39.6 Å². The molecule has 1 N–H and O–H groups in total. The van der Waals surface area contributed by atoms with Crippen molar-refractivity contribution in [2.24, 2.45) is 0 Å². The number of rotatable bonds is 6. The molecule has 0 radical (unpaired) electrons. The third kappa shape index (κ3) is 9.97. The Morgan fingerprint density at radius 1 is 1.38 bits per heavy atom. The Bertz CT molecular complexity index is 147. The fourth-order valence-corrected chi connectivity index (χ4v) is 1.55. The minimum absolute atomic E-state index is 0.355. The van der Waals surface area contributed by atoms with Crippen LogP contribution in [-0.2, 0) is 0 Å². The van der Waals surface area contributed by atoms with Crippen molar-refractivity contribution in [3.05, 3.63) is 12.2 Å². The maximum absolute atomic E-state index is 4.05. The molecule has 0 amide bonds. The third-order valence-corrected chi connectivity index (χ3v) is 2.93. The lowest BCUT2D eigenvalue weighted by Crippen LogP contribution is -2.19. The van der Waals surface area contributed by atoms with Gasteiger partial charge in [0.25, 0.3) is 0 Å². The maximum atomic E-state index is 4.05. The molecule has 13 heavy (non-hydrogen) atoms. The topological polar surface area (TPSA) is 12.0 Å². The van der Waals surface area contributed by atoms with E-state index in [-0.39, 0.29) is 0 Å². The van der Waals surface area contributed by atoms with Crippen LogP contribution >= 0.6 is 11.8 Å². The lowest BCUT2D eigenvalue weighted by molar-refractivity contribution is 0.715. The molecule has 0 rings (SSSR count). The van der Waals surface area contributed by atoms with Gasteiger partial charge in [0.1, 0.15) is 0 Å². The molecular formula is C11H23NS. The lowest BCUT2D eigenvalue weighted by Gasteiger charge is -2.18. The van der Waals surface area contributed by atoms with Crippen LogP contribution in [0.4, 0.5) is 0 Å². The summed E-state index contributed by atoms with van der Waals surface area (Å²) in [5, 5.41) is 3.36. The highest BCUT2D eigenvalue weighted by molar-refractivity contribution is 8.00. The van der Waals surface area contributed by atoms with E-state index in [1.54, 1.807) is 0 Å². The molecule has 0 aromatic carbocycles. The van der Waals surface area contributed by atoms with E-state index < -0.39 is 0 Å². The van der Waals surface area contributed by atoms with E-state index in [4.69, 9.17) is 0 Å². The van der Waals surface area contributed by atoms with Gasteiger partial charge in [0.05, 0.1) is 0 Å². The average Bonchev–Trinajstić information content (AvgIpc) is 2.00. The Labute approximate surface area is 87.4 Å². The molecule has 0 spiro atoms. The second-order valence-electron chi connectivity index (χ2n) is 4.33. The minimum Gasteiger partial charge on any atom is -0.313 e. The Hall–Kier alpha value is 0.0500. The predicted molar refractivity (Wildman–Crippen MR) is 64.5 cm³/mol. The highest BCUT2D eigenvalue weighted by atomic mass is 32.2. The smallest absolute Gasteiger partial charge is 0.0170 e. The van der Waals surface area contributed by atoms with Crippen molar-refractivity contribution in [1.29, 1.82) is 0 Å². The molecule has 0 aliphatic heterocycles. The van der Waals surface area contributed by atoms with Crippen molar-refractivity contribution in [2.45, 2.75) is 38.9 Å². The van der Waals surface area contributed by atoms with E-state index in [0.717, 1.165) is 18.8 Å². The number of hydrogen-bond donors (Lipinski definition) is 1. The van der Waals surface area contributed by atoms with Gasteiger partial charge in [-0.25, -0.2) is 0 Å². The van der Waals surface area contributed by atoms with Gasteiger partial charge in [0.2, 0.25) is 0 Å². The monoisotopic (exact) mass is 201 g/mol. The summed E-state index contributed by atoms with van der Waals surface area (Å²) in [5.41, 5.74) is 1.30. The molecule has 0 aromatic heterocycles. The molecule has 0 saturated carbocycles. The van der Waals surface area contributed by atoms with Crippen molar-refractivity contribution in [2.75, 3.05) is 18.8 Å². The van der Waals surface area contributed by atoms with Crippen LogP contribution in [0.5, 0.6) is 0 Å². The van der Waals surface area contributed by atoms with Crippen LogP contribution in [0.2, 0.25) is 0 Å². The van der Waals surface area contributed by atoms with Gasteiger partial charge < -0.3 is 5.32 Å². The van der Waals surface area contributed by atoms with E-state index in [0.29, 0.717) is 4.75 Å². The first kappa shape index (κ1) is 13.1. The fourth-order valence-electron chi connectivity index (χ4n) is 0.812. The summed E-state index contributed by atoms with van der Waals surface area (Å²) in [6, 6.07) is 0.